The van der Waals surface area contributed by atoms with Crippen molar-refractivity contribution >= 4 is 34.6 Å². The topological polar surface area (TPSA) is 84.0 Å². The third kappa shape index (κ3) is 3.84. The highest BCUT2D eigenvalue weighted by Gasteiger charge is 2.28. The van der Waals surface area contributed by atoms with Gasteiger partial charge in [-0.05, 0) is 32.8 Å². The fourth-order valence-corrected chi connectivity index (χ4v) is 3.26. The number of carbonyl (C=O) groups is 2. The van der Waals surface area contributed by atoms with Gasteiger partial charge in [-0.1, -0.05) is 30.0 Å². The summed E-state index contributed by atoms with van der Waals surface area (Å²) in [6.45, 7) is 4.05. The molecule has 0 bridgehead atoms. The van der Waals surface area contributed by atoms with Crippen molar-refractivity contribution in [2.45, 2.75) is 42.9 Å². The van der Waals surface area contributed by atoms with Crippen LogP contribution in [0.1, 0.15) is 38.4 Å². The van der Waals surface area contributed by atoms with Crippen LogP contribution in [-0.2, 0) is 4.79 Å². The summed E-state index contributed by atoms with van der Waals surface area (Å²) in [5.74, 6) is 0.961. The van der Waals surface area contributed by atoms with E-state index in [1.54, 1.807) is 13.8 Å². The van der Waals surface area contributed by atoms with Crippen molar-refractivity contribution in [1.29, 1.82) is 0 Å². The molecule has 6 nitrogen and oxygen atoms in total. The number of urea groups is 1. The van der Waals surface area contributed by atoms with Gasteiger partial charge in [0.15, 0.2) is 0 Å². The molecule has 0 aliphatic heterocycles. The van der Waals surface area contributed by atoms with Crippen LogP contribution >= 0.6 is 11.8 Å². The van der Waals surface area contributed by atoms with E-state index in [9.17, 15) is 9.59 Å². The van der Waals surface area contributed by atoms with Crippen LogP contribution in [0.4, 0.5) is 4.79 Å². The fraction of sp³-hybridized carbons (Fsp3) is 0.412. The summed E-state index contributed by atoms with van der Waals surface area (Å²) in [6, 6.07) is 7.34. The second-order valence-electron chi connectivity index (χ2n) is 5.79. The fourth-order valence-electron chi connectivity index (χ4n) is 2.32. The molecule has 1 saturated carbocycles. The first-order valence-corrected chi connectivity index (χ1v) is 8.98. The van der Waals surface area contributed by atoms with Gasteiger partial charge in [-0.2, -0.15) is 0 Å². The number of thioether (sulfide) groups is 1. The number of imide groups is 1. The predicted molar refractivity (Wildman–Crippen MR) is 94.0 cm³/mol. The van der Waals surface area contributed by atoms with E-state index in [4.69, 9.17) is 0 Å². The first-order valence-electron chi connectivity index (χ1n) is 8.10. The molecule has 0 radical (unpaired) electrons. The zero-order valence-electron chi connectivity index (χ0n) is 13.7. The lowest BCUT2D eigenvalue weighted by atomic mass is 10.2. The van der Waals surface area contributed by atoms with Crippen LogP contribution in [0.15, 0.2) is 29.3 Å². The van der Waals surface area contributed by atoms with E-state index in [0.29, 0.717) is 12.5 Å². The van der Waals surface area contributed by atoms with E-state index in [-0.39, 0.29) is 5.91 Å². The van der Waals surface area contributed by atoms with Gasteiger partial charge >= 0.3 is 6.03 Å². The Kier molecular flexibility index (Phi) is 4.99. The van der Waals surface area contributed by atoms with E-state index < -0.39 is 11.3 Å². The number of para-hydroxylation sites is 1. The third-order valence-corrected chi connectivity index (χ3v) is 4.86. The maximum Gasteiger partial charge on any atom is 0.321 e. The van der Waals surface area contributed by atoms with Gasteiger partial charge in [0.25, 0.3) is 0 Å². The van der Waals surface area contributed by atoms with Gasteiger partial charge in [0.1, 0.15) is 10.9 Å². The zero-order valence-corrected chi connectivity index (χ0v) is 14.5. The predicted octanol–water partition coefficient (Wildman–Crippen LogP) is 2.83. The van der Waals surface area contributed by atoms with Gasteiger partial charge < -0.3 is 5.32 Å². The van der Waals surface area contributed by atoms with Crippen molar-refractivity contribution in [3.05, 3.63) is 30.1 Å². The highest BCUT2D eigenvalue weighted by molar-refractivity contribution is 8.00. The zero-order chi connectivity index (χ0) is 17.1. The Balaban J connectivity index is 1.80. The Hall–Kier alpha value is -2.15. The molecule has 3 amide bonds. The van der Waals surface area contributed by atoms with Crippen molar-refractivity contribution in [2.75, 3.05) is 6.54 Å². The van der Waals surface area contributed by atoms with E-state index >= 15 is 0 Å². The molecule has 1 aromatic heterocycles. The molecule has 0 spiro atoms. The summed E-state index contributed by atoms with van der Waals surface area (Å²) in [4.78, 5) is 33.0. The average molecular weight is 344 g/mol. The molecule has 1 aromatic carbocycles. The molecule has 0 unspecified atom stereocenters. The van der Waals surface area contributed by atoms with Crippen LogP contribution in [0.5, 0.6) is 0 Å². The van der Waals surface area contributed by atoms with Crippen molar-refractivity contribution in [2.24, 2.45) is 0 Å². The number of hydrogen-bond donors (Lipinski definition) is 2. The van der Waals surface area contributed by atoms with Gasteiger partial charge in [-0.15, -0.1) is 0 Å². The molecule has 1 aliphatic rings. The summed E-state index contributed by atoms with van der Waals surface area (Å²) in [5, 5.41) is 6.19. The molecule has 2 aromatic rings. The van der Waals surface area contributed by atoms with Crippen LogP contribution < -0.4 is 10.6 Å². The molecular weight excluding hydrogens is 324 g/mol. The molecule has 7 heteroatoms. The lowest BCUT2D eigenvalue weighted by Gasteiger charge is -2.13. The first-order chi connectivity index (χ1) is 11.6. The lowest BCUT2D eigenvalue weighted by Crippen LogP contribution is -2.42. The first kappa shape index (κ1) is 16.7. The number of fused-ring (bicyclic) bond motifs is 1. The molecule has 3 rings (SSSR count). The monoisotopic (exact) mass is 344 g/mol. The quantitative estimate of drug-likeness (QED) is 0.644. The number of amides is 3. The Bertz CT molecular complexity index is 776. The van der Waals surface area contributed by atoms with E-state index in [0.717, 1.165) is 34.6 Å². The Morgan fingerprint density at radius 3 is 2.75 bits per heavy atom. The van der Waals surface area contributed by atoms with Gasteiger partial charge in [-0.3, -0.25) is 10.1 Å². The largest absolute Gasteiger partial charge is 0.338 e. The average Bonchev–Trinajstić information content (AvgIpc) is 3.39. The minimum Gasteiger partial charge on any atom is -0.338 e. The SMILES string of the molecule is CCNC(=O)NC(=O)[C@H](C)Sc1nc(C2CC2)nc2ccccc12. The van der Waals surface area contributed by atoms with Crippen LogP contribution in [0.25, 0.3) is 10.9 Å². The number of nitrogens with zero attached hydrogens (tertiary/aromatic N) is 2. The Morgan fingerprint density at radius 1 is 1.29 bits per heavy atom. The smallest absolute Gasteiger partial charge is 0.321 e. The van der Waals surface area contributed by atoms with Crippen molar-refractivity contribution in [1.82, 2.24) is 20.6 Å². The number of hydrogen-bond acceptors (Lipinski definition) is 5. The minimum absolute atomic E-state index is 0.332. The van der Waals surface area contributed by atoms with Crippen molar-refractivity contribution in [3.63, 3.8) is 0 Å². The maximum absolute atomic E-state index is 12.2. The number of aromatic nitrogens is 2. The van der Waals surface area contributed by atoms with Gasteiger partial charge in [0, 0.05) is 17.8 Å². The molecule has 2 N–H and O–H groups in total. The normalized spacial score (nSPS) is 15.1. The number of rotatable bonds is 5. The summed E-state index contributed by atoms with van der Waals surface area (Å²) >= 11 is 1.36. The van der Waals surface area contributed by atoms with E-state index in [2.05, 4.69) is 20.6 Å². The van der Waals surface area contributed by atoms with Gasteiger partial charge in [0.05, 0.1) is 10.8 Å². The van der Waals surface area contributed by atoms with Crippen LogP contribution in [0.3, 0.4) is 0 Å². The van der Waals surface area contributed by atoms with Gasteiger partial charge in [-0.25, -0.2) is 14.8 Å². The summed E-state index contributed by atoms with van der Waals surface area (Å²) in [5.41, 5.74) is 0.897. The molecule has 1 heterocycles. The molecular formula is C17H20N4O2S. The maximum atomic E-state index is 12.2. The van der Waals surface area contributed by atoms with Crippen LogP contribution in [-0.4, -0.2) is 33.7 Å². The third-order valence-electron chi connectivity index (χ3n) is 3.76. The minimum atomic E-state index is -0.471. The molecule has 1 aliphatic carbocycles. The molecule has 126 valence electrons. The number of benzene rings is 1. The number of carbonyl (C=O) groups excluding carboxylic acids is 2. The van der Waals surface area contributed by atoms with Crippen LogP contribution in [0, 0.1) is 0 Å². The number of nitrogens with one attached hydrogen (secondary N) is 2. The van der Waals surface area contributed by atoms with E-state index in [1.807, 2.05) is 24.3 Å². The summed E-state index contributed by atoms with van der Waals surface area (Å²) in [7, 11) is 0. The standard InChI is InChI=1S/C17H20N4O2S/c1-3-18-17(23)21-15(22)10(2)24-16-12-6-4-5-7-13(12)19-14(20-16)11-8-9-11/h4-7,10-11H,3,8-9H2,1-2H3,(H2,18,21,22,23)/t10-/m0/s1. The van der Waals surface area contributed by atoms with Crippen molar-refractivity contribution < 1.29 is 9.59 Å². The summed E-state index contributed by atoms with van der Waals surface area (Å²) < 4.78 is 0. The second kappa shape index (κ2) is 7.17. The molecule has 1 fully saturated rings. The Labute approximate surface area is 144 Å². The second-order valence-corrected chi connectivity index (χ2v) is 7.12. The Morgan fingerprint density at radius 2 is 2.04 bits per heavy atom. The van der Waals surface area contributed by atoms with E-state index in [1.165, 1.54) is 11.8 Å². The molecule has 0 saturated heterocycles. The van der Waals surface area contributed by atoms with Gasteiger partial charge in [0.2, 0.25) is 5.91 Å². The lowest BCUT2D eigenvalue weighted by molar-refractivity contribution is -0.119. The molecule has 24 heavy (non-hydrogen) atoms. The van der Waals surface area contributed by atoms with Crippen molar-refractivity contribution in [3.8, 4) is 0 Å². The molecule has 1 atom stereocenters. The highest BCUT2D eigenvalue weighted by atomic mass is 32.2. The van der Waals surface area contributed by atoms with Crippen LogP contribution in [0.2, 0.25) is 0 Å². The summed E-state index contributed by atoms with van der Waals surface area (Å²) in [6.07, 6.45) is 2.24. The highest BCUT2D eigenvalue weighted by Crippen LogP contribution is 2.40.